The Kier molecular flexibility index (Phi) is 14.2. The molecule has 4 nitrogen and oxygen atoms in total. The van der Waals surface area contributed by atoms with Gasteiger partial charge in [0.2, 0.25) is 5.91 Å². The Morgan fingerprint density at radius 2 is 1.29 bits per heavy atom. The van der Waals surface area contributed by atoms with Gasteiger partial charge in [0.05, 0.1) is 0 Å². The molecular weight excluding hydrogens is 422 g/mol. The lowest BCUT2D eigenvalue weighted by Gasteiger charge is -2.25. The largest absolute Gasteiger partial charge is 0.459 e. The first-order valence-corrected chi connectivity index (χ1v) is 13.7. The van der Waals surface area contributed by atoms with Gasteiger partial charge in [-0.05, 0) is 49.7 Å². The van der Waals surface area contributed by atoms with Gasteiger partial charge in [0.1, 0.15) is 12.0 Å². The van der Waals surface area contributed by atoms with Crippen molar-refractivity contribution in [2.75, 3.05) is 5.32 Å². The molecule has 1 aromatic rings. The maximum atomic E-state index is 12.7. The van der Waals surface area contributed by atoms with E-state index in [0.29, 0.717) is 0 Å². The molecular formula is C30H51NO3. The van der Waals surface area contributed by atoms with Crippen LogP contribution in [0.15, 0.2) is 18.2 Å². The van der Waals surface area contributed by atoms with Gasteiger partial charge in [-0.3, -0.25) is 9.59 Å². The number of anilines is 1. The van der Waals surface area contributed by atoms with Gasteiger partial charge >= 0.3 is 5.97 Å². The van der Waals surface area contributed by atoms with Crippen LogP contribution in [0.5, 0.6) is 0 Å². The van der Waals surface area contributed by atoms with Crippen molar-refractivity contribution in [1.82, 2.24) is 0 Å². The van der Waals surface area contributed by atoms with Crippen molar-refractivity contribution >= 4 is 17.6 Å². The van der Waals surface area contributed by atoms with E-state index >= 15 is 0 Å². The highest BCUT2D eigenvalue weighted by atomic mass is 16.6. The Hall–Kier alpha value is -1.84. The molecule has 0 radical (unpaired) electrons. The van der Waals surface area contributed by atoms with E-state index in [1.54, 1.807) is 0 Å². The third-order valence-corrected chi connectivity index (χ3v) is 6.46. The van der Waals surface area contributed by atoms with E-state index in [4.69, 9.17) is 4.74 Å². The standard InChI is InChI=1S/C30H51NO3/c1-8-9-10-11-12-13-14-15-16-17-21-30(6,7)34-28(33)22-27(32)31-29-25(23(2)3)19-18-20-26(29)24(4)5/h18-20,23-24H,8-17,21-22H2,1-7H3,(H,31,32). The number of nitrogens with one attached hydrogen (secondary N) is 1. The lowest BCUT2D eigenvalue weighted by molar-refractivity contribution is -0.158. The molecule has 0 unspecified atom stereocenters. The van der Waals surface area contributed by atoms with Crippen LogP contribution in [0.25, 0.3) is 0 Å². The topological polar surface area (TPSA) is 55.4 Å². The summed E-state index contributed by atoms with van der Waals surface area (Å²) >= 11 is 0. The zero-order chi connectivity index (χ0) is 25.6. The molecule has 1 aromatic carbocycles. The number of para-hydroxylation sites is 1. The molecule has 0 aliphatic carbocycles. The number of benzene rings is 1. The Labute approximate surface area is 209 Å². The predicted molar refractivity (Wildman–Crippen MR) is 144 cm³/mol. The molecule has 0 spiro atoms. The van der Waals surface area contributed by atoms with Crippen LogP contribution in [0.2, 0.25) is 0 Å². The number of carbonyl (C=O) groups excluding carboxylic acids is 2. The van der Waals surface area contributed by atoms with Crippen molar-refractivity contribution in [3.63, 3.8) is 0 Å². The lowest BCUT2D eigenvalue weighted by Crippen LogP contribution is -2.30. The van der Waals surface area contributed by atoms with Gasteiger partial charge in [-0.2, -0.15) is 0 Å². The summed E-state index contributed by atoms with van der Waals surface area (Å²) in [6, 6.07) is 6.12. The van der Waals surface area contributed by atoms with Gasteiger partial charge in [0.15, 0.2) is 0 Å². The minimum atomic E-state index is -0.545. The lowest BCUT2D eigenvalue weighted by atomic mass is 9.92. The molecule has 194 valence electrons. The average Bonchev–Trinajstić information content (AvgIpc) is 2.74. The van der Waals surface area contributed by atoms with Gasteiger partial charge in [-0.15, -0.1) is 0 Å². The number of unbranched alkanes of at least 4 members (excludes halogenated alkanes) is 9. The number of ether oxygens (including phenoxy) is 1. The van der Waals surface area contributed by atoms with Gasteiger partial charge < -0.3 is 10.1 Å². The molecule has 1 rings (SSSR count). The molecule has 0 aliphatic heterocycles. The van der Waals surface area contributed by atoms with E-state index in [0.717, 1.165) is 29.7 Å². The van der Waals surface area contributed by atoms with E-state index in [1.807, 2.05) is 32.0 Å². The second-order valence-electron chi connectivity index (χ2n) is 11.0. The number of carbonyl (C=O) groups is 2. The molecule has 0 saturated heterocycles. The molecule has 0 heterocycles. The third kappa shape index (κ3) is 12.0. The highest BCUT2D eigenvalue weighted by Crippen LogP contribution is 2.32. The molecule has 0 bridgehead atoms. The van der Waals surface area contributed by atoms with E-state index in [1.165, 1.54) is 57.8 Å². The molecule has 0 atom stereocenters. The van der Waals surface area contributed by atoms with E-state index in [-0.39, 0.29) is 24.2 Å². The molecule has 0 aromatic heterocycles. The maximum absolute atomic E-state index is 12.7. The minimum absolute atomic E-state index is 0.259. The van der Waals surface area contributed by atoms with Crippen LogP contribution < -0.4 is 5.32 Å². The predicted octanol–water partition coefficient (Wildman–Crippen LogP) is 8.89. The number of esters is 1. The number of hydrogen-bond acceptors (Lipinski definition) is 3. The molecule has 0 fully saturated rings. The first-order chi connectivity index (χ1) is 16.1. The van der Waals surface area contributed by atoms with Crippen molar-refractivity contribution in [3.05, 3.63) is 29.3 Å². The monoisotopic (exact) mass is 473 g/mol. The summed E-state index contributed by atoms with van der Waals surface area (Å²) in [4.78, 5) is 25.2. The highest BCUT2D eigenvalue weighted by molar-refractivity contribution is 6.02. The Balaban J connectivity index is 2.42. The Morgan fingerprint density at radius 3 is 1.76 bits per heavy atom. The third-order valence-electron chi connectivity index (χ3n) is 6.46. The maximum Gasteiger partial charge on any atom is 0.315 e. The van der Waals surface area contributed by atoms with Gasteiger partial charge in [-0.25, -0.2) is 0 Å². The summed E-state index contributed by atoms with van der Waals surface area (Å²) in [6.45, 7) is 14.6. The van der Waals surface area contributed by atoms with E-state index in [9.17, 15) is 9.59 Å². The van der Waals surface area contributed by atoms with E-state index < -0.39 is 11.6 Å². The molecule has 1 N–H and O–H groups in total. The molecule has 0 saturated carbocycles. The first kappa shape index (κ1) is 30.2. The van der Waals surface area contributed by atoms with Crippen LogP contribution in [0.1, 0.15) is 148 Å². The van der Waals surface area contributed by atoms with Crippen LogP contribution in [0.3, 0.4) is 0 Å². The quantitative estimate of drug-likeness (QED) is 0.140. The fourth-order valence-electron chi connectivity index (χ4n) is 4.44. The minimum Gasteiger partial charge on any atom is -0.459 e. The zero-order valence-corrected chi connectivity index (χ0v) is 23.1. The van der Waals surface area contributed by atoms with Crippen molar-refractivity contribution in [3.8, 4) is 0 Å². The number of amides is 1. The summed E-state index contributed by atoms with van der Waals surface area (Å²) in [6.07, 6.45) is 13.4. The fourth-order valence-corrected chi connectivity index (χ4v) is 4.44. The SMILES string of the molecule is CCCCCCCCCCCCC(C)(C)OC(=O)CC(=O)Nc1c(C(C)C)cccc1C(C)C. The van der Waals surface area contributed by atoms with Crippen molar-refractivity contribution in [1.29, 1.82) is 0 Å². The Morgan fingerprint density at radius 1 is 0.824 bits per heavy atom. The van der Waals surface area contributed by atoms with Crippen LogP contribution in [0, 0.1) is 0 Å². The molecule has 0 aliphatic rings. The summed E-state index contributed by atoms with van der Waals surface area (Å²) in [5, 5.41) is 3.01. The fraction of sp³-hybridized carbons (Fsp3) is 0.733. The van der Waals surface area contributed by atoms with Crippen molar-refractivity contribution < 1.29 is 14.3 Å². The van der Waals surface area contributed by atoms with Gasteiger partial charge in [-0.1, -0.05) is 111 Å². The smallest absolute Gasteiger partial charge is 0.315 e. The van der Waals surface area contributed by atoms with Crippen molar-refractivity contribution in [2.45, 2.75) is 143 Å². The highest BCUT2D eigenvalue weighted by Gasteiger charge is 2.24. The van der Waals surface area contributed by atoms with Gasteiger partial charge in [0, 0.05) is 5.69 Å². The molecule has 34 heavy (non-hydrogen) atoms. The normalized spacial score (nSPS) is 11.8. The first-order valence-electron chi connectivity index (χ1n) is 13.7. The summed E-state index contributed by atoms with van der Waals surface area (Å²) in [7, 11) is 0. The van der Waals surface area contributed by atoms with E-state index in [2.05, 4.69) is 39.9 Å². The second kappa shape index (κ2) is 15.9. The number of hydrogen-bond donors (Lipinski definition) is 1. The zero-order valence-electron chi connectivity index (χ0n) is 23.1. The average molecular weight is 474 g/mol. The number of rotatable bonds is 17. The van der Waals surface area contributed by atoms with Gasteiger partial charge in [0.25, 0.3) is 0 Å². The van der Waals surface area contributed by atoms with Crippen molar-refractivity contribution in [2.24, 2.45) is 0 Å². The molecule has 4 heteroatoms. The molecule has 1 amide bonds. The van der Waals surface area contributed by atoms with Crippen LogP contribution in [0.4, 0.5) is 5.69 Å². The summed E-state index contributed by atoms with van der Waals surface area (Å²) in [5.74, 6) is -0.209. The van der Waals surface area contributed by atoms with Crippen LogP contribution >= 0.6 is 0 Å². The Bertz CT molecular complexity index is 710. The van der Waals surface area contributed by atoms with Crippen LogP contribution in [-0.4, -0.2) is 17.5 Å². The summed E-state index contributed by atoms with van der Waals surface area (Å²) < 4.78 is 5.68. The summed E-state index contributed by atoms with van der Waals surface area (Å²) in [5.41, 5.74) is 2.48. The van der Waals surface area contributed by atoms with Crippen LogP contribution in [-0.2, 0) is 14.3 Å². The second-order valence-corrected chi connectivity index (χ2v) is 11.0.